The quantitative estimate of drug-likeness (QED) is 0.639. The van der Waals surface area contributed by atoms with E-state index in [1.54, 1.807) is 37.8 Å². The van der Waals surface area contributed by atoms with E-state index in [2.05, 4.69) is 4.98 Å². The summed E-state index contributed by atoms with van der Waals surface area (Å²) < 4.78 is 13.6. The van der Waals surface area contributed by atoms with Crippen LogP contribution in [0, 0.1) is 0 Å². The van der Waals surface area contributed by atoms with Crippen molar-refractivity contribution in [1.29, 1.82) is 0 Å². The Kier molecular flexibility index (Phi) is 5.04. The molecule has 0 bridgehead atoms. The average Bonchev–Trinajstić information content (AvgIpc) is 3.34. The monoisotopic (exact) mass is 412 g/mol. The number of carbonyl (C=O) groups excluding carboxylic acids is 1. The van der Waals surface area contributed by atoms with Gasteiger partial charge in [0, 0.05) is 32.4 Å². The molecule has 152 valence electrons. The van der Waals surface area contributed by atoms with Crippen LogP contribution < -0.4 is 9.47 Å². The number of aromatic nitrogens is 3. The number of aryl methyl sites for hydroxylation is 1. The number of imidazole rings is 1. The van der Waals surface area contributed by atoms with E-state index >= 15 is 0 Å². The molecule has 0 unspecified atom stereocenters. The van der Waals surface area contributed by atoms with Crippen molar-refractivity contribution in [2.24, 2.45) is 0 Å². The van der Waals surface area contributed by atoms with E-state index in [0.29, 0.717) is 23.9 Å². The molecule has 0 N–H and O–H groups in total. The van der Waals surface area contributed by atoms with E-state index in [0.717, 1.165) is 33.8 Å². The molecular weight excluding hydrogens is 388 g/mol. The molecule has 1 amide bonds. The third kappa shape index (κ3) is 3.37. The van der Waals surface area contributed by atoms with Crippen molar-refractivity contribution < 1.29 is 14.3 Å². The molecule has 7 nitrogen and oxygen atoms in total. The van der Waals surface area contributed by atoms with Gasteiger partial charge < -0.3 is 18.9 Å². The fourth-order valence-corrected chi connectivity index (χ4v) is 4.19. The molecule has 29 heavy (non-hydrogen) atoms. The van der Waals surface area contributed by atoms with Gasteiger partial charge in [-0.15, -0.1) is 11.3 Å². The minimum Gasteiger partial charge on any atom is -0.493 e. The number of amides is 1. The van der Waals surface area contributed by atoms with Gasteiger partial charge in [-0.05, 0) is 38.0 Å². The maximum absolute atomic E-state index is 12.8. The second-order valence-electron chi connectivity index (χ2n) is 7.43. The van der Waals surface area contributed by atoms with Gasteiger partial charge >= 0.3 is 0 Å². The number of hydrogen-bond acceptors (Lipinski definition) is 6. The first-order valence-electron chi connectivity index (χ1n) is 9.49. The summed E-state index contributed by atoms with van der Waals surface area (Å²) in [7, 11) is 5.14. The number of methoxy groups -OCH3 is 1. The summed E-state index contributed by atoms with van der Waals surface area (Å²) >= 11 is 1.51. The van der Waals surface area contributed by atoms with Crippen LogP contribution >= 0.6 is 11.3 Å². The second kappa shape index (κ2) is 7.51. The van der Waals surface area contributed by atoms with E-state index < -0.39 is 0 Å². The third-order valence-electron chi connectivity index (χ3n) is 4.84. The van der Waals surface area contributed by atoms with Gasteiger partial charge in [-0.3, -0.25) is 9.78 Å². The van der Waals surface area contributed by atoms with Gasteiger partial charge in [-0.25, -0.2) is 4.98 Å². The number of carbonyl (C=O) groups is 1. The van der Waals surface area contributed by atoms with Crippen molar-refractivity contribution >= 4 is 17.2 Å². The Morgan fingerprint density at radius 3 is 2.69 bits per heavy atom. The highest BCUT2D eigenvalue weighted by Crippen LogP contribution is 2.43. The molecule has 0 radical (unpaired) electrons. The number of hydrogen-bond donors (Lipinski definition) is 0. The van der Waals surface area contributed by atoms with Gasteiger partial charge in [0.1, 0.15) is 5.69 Å². The number of rotatable bonds is 5. The van der Waals surface area contributed by atoms with Crippen molar-refractivity contribution in [3.63, 3.8) is 0 Å². The van der Waals surface area contributed by atoms with E-state index in [1.165, 1.54) is 11.3 Å². The molecule has 8 heteroatoms. The summed E-state index contributed by atoms with van der Waals surface area (Å²) in [6, 6.07) is 4.04. The lowest BCUT2D eigenvalue weighted by molar-refractivity contribution is 0.0811. The van der Waals surface area contributed by atoms with Crippen molar-refractivity contribution in [3.05, 3.63) is 35.2 Å². The number of fused-ring (bicyclic) bond motifs is 3. The lowest BCUT2D eigenvalue weighted by Crippen LogP contribution is -2.27. The van der Waals surface area contributed by atoms with Gasteiger partial charge in [-0.1, -0.05) is 0 Å². The van der Waals surface area contributed by atoms with Crippen molar-refractivity contribution in [3.8, 4) is 33.3 Å². The number of ether oxygens (including phenoxy) is 2. The molecule has 0 saturated carbocycles. The topological polar surface area (TPSA) is 69.5 Å². The Hall–Kier alpha value is -2.87. The maximum Gasteiger partial charge on any atom is 0.289 e. The highest BCUT2D eigenvalue weighted by molar-refractivity contribution is 7.13. The summed E-state index contributed by atoms with van der Waals surface area (Å²) in [6.07, 6.45) is 2.59. The Labute approximate surface area is 173 Å². The SMILES string of the molecule is COc1cc2c(cc1OC(C)C)-c1c(-c3cncs3)nc(C(=O)N(C)C)n1CC2. The molecular formula is C21H24N4O3S. The first kappa shape index (κ1) is 19.4. The van der Waals surface area contributed by atoms with Crippen LogP contribution in [0.1, 0.15) is 30.0 Å². The van der Waals surface area contributed by atoms with Crippen molar-refractivity contribution in [2.45, 2.75) is 32.9 Å². The predicted molar refractivity (Wildman–Crippen MR) is 113 cm³/mol. The Morgan fingerprint density at radius 1 is 1.28 bits per heavy atom. The molecule has 1 aliphatic heterocycles. The molecule has 1 aliphatic rings. The van der Waals surface area contributed by atoms with Crippen LogP contribution in [0.3, 0.4) is 0 Å². The number of thiazole rings is 1. The third-order valence-corrected chi connectivity index (χ3v) is 5.62. The molecule has 2 aromatic heterocycles. The molecule has 0 fully saturated rings. The van der Waals surface area contributed by atoms with Crippen LogP contribution in [-0.4, -0.2) is 52.7 Å². The van der Waals surface area contributed by atoms with Gasteiger partial charge in [-0.2, -0.15) is 0 Å². The van der Waals surface area contributed by atoms with E-state index in [1.807, 2.05) is 30.5 Å². The average molecular weight is 413 g/mol. The molecule has 3 aromatic rings. The van der Waals surface area contributed by atoms with E-state index in [9.17, 15) is 4.79 Å². The van der Waals surface area contributed by atoms with Crippen molar-refractivity contribution in [1.82, 2.24) is 19.4 Å². The maximum atomic E-state index is 12.8. The summed E-state index contributed by atoms with van der Waals surface area (Å²) in [5, 5.41) is 0. The first-order valence-corrected chi connectivity index (χ1v) is 10.4. The van der Waals surface area contributed by atoms with Gasteiger partial charge in [0.15, 0.2) is 17.3 Å². The lowest BCUT2D eigenvalue weighted by atomic mass is 9.96. The molecule has 1 aromatic carbocycles. The molecule has 0 aliphatic carbocycles. The minimum atomic E-state index is -0.113. The van der Waals surface area contributed by atoms with Crippen LogP contribution in [0.15, 0.2) is 23.8 Å². The molecule has 0 atom stereocenters. The molecule has 4 rings (SSSR count). The largest absolute Gasteiger partial charge is 0.493 e. The summed E-state index contributed by atoms with van der Waals surface area (Å²) in [5.41, 5.74) is 5.65. The minimum absolute atomic E-state index is 0.0160. The van der Waals surface area contributed by atoms with Gasteiger partial charge in [0.2, 0.25) is 0 Å². The highest BCUT2D eigenvalue weighted by Gasteiger charge is 2.30. The Balaban J connectivity index is 1.97. The number of benzene rings is 1. The zero-order valence-electron chi connectivity index (χ0n) is 17.2. The van der Waals surface area contributed by atoms with E-state index in [4.69, 9.17) is 14.5 Å². The first-order chi connectivity index (χ1) is 13.9. The highest BCUT2D eigenvalue weighted by atomic mass is 32.1. The Bertz CT molecular complexity index is 1050. The fraction of sp³-hybridized carbons (Fsp3) is 0.381. The molecule has 3 heterocycles. The zero-order chi connectivity index (χ0) is 20.7. The molecule has 0 spiro atoms. The standard InChI is InChI=1S/C21H24N4O3S/c1-12(2)28-16-9-14-13(8-15(16)27-5)6-7-25-19(14)18(17-10-22-11-29-17)23-20(25)21(26)24(3)4/h8-12H,6-7H2,1-5H3. The Morgan fingerprint density at radius 2 is 2.07 bits per heavy atom. The van der Waals surface area contributed by atoms with Crippen LogP contribution in [0.2, 0.25) is 0 Å². The van der Waals surface area contributed by atoms with Crippen molar-refractivity contribution in [2.75, 3.05) is 21.2 Å². The smallest absolute Gasteiger partial charge is 0.289 e. The predicted octanol–water partition coefficient (Wildman–Crippen LogP) is 3.73. The van der Waals surface area contributed by atoms with Crippen LogP contribution in [0.25, 0.3) is 21.8 Å². The molecule has 0 saturated heterocycles. The normalized spacial score (nSPS) is 12.5. The van der Waals surface area contributed by atoms with Gasteiger partial charge in [0.05, 0.1) is 29.3 Å². The van der Waals surface area contributed by atoms with E-state index in [-0.39, 0.29) is 12.0 Å². The van der Waals surface area contributed by atoms with Gasteiger partial charge in [0.25, 0.3) is 5.91 Å². The van der Waals surface area contributed by atoms with Crippen LogP contribution in [-0.2, 0) is 13.0 Å². The van der Waals surface area contributed by atoms with Crippen LogP contribution in [0.5, 0.6) is 11.5 Å². The fourth-order valence-electron chi connectivity index (χ4n) is 3.58. The second-order valence-corrected chi connectivity index (χ2v) is 8.31. The summed E-state index contributed by atoms with van der Waals surface area (Å²) in [6.45, 7) is 4.65. The zero-order valence-corrected chi connectivity index (χ0v) is 18.0. The summed E-state index contributed by atoms with van der Waals surface area (Å²) in [5.74, 6) is 1.74. The number of nitrogens with zero attached hydrogens (tertiary/aromatic N) is 4. The summed E-state index contributed by atoms with van der Waals surface area (Å²) in [4.78, 5) is 24.3. The van der Waals surface area contributed by atoms with Crippen LogP contribution in [0.4, 0.5) is 0 Å². The lowest BCUT2D eigenvalue weighted by Gasteiger charge is -2.24.